The van der Waals surface area contributed by atoms with Crippen LogP contribution >= 0.6 is 0 Å². The Bertz CT molecular complexity index is 986. The van der Waals surface area contributed by atoms with Crippen molar-refractivity contribution in [3.05, 3.63) is 17.0 Å². The summed E-state index contributed by atoms with van der Waals surface area (Å²) in [4.78, 5) is 43.1. The molecule has 0 aromatic carbocycles. The zero-order valence-electron chi connectivity index (χ0n) is 19.7. The van der Waals surface area contributed by atoms with Crippen LogP contribution in [0.1, 0.15) is 74.7 Å². The Balaban J connectivity index is 1.27. The van der Waals surface area contributed by atoms with E-state index in [2.05, 4.69) is 5.16 Å². The number of ether oxygens (including phenoxy) is 1. The molecule has 1 aliphatic carbocycles. The number of carbonyl (C=O) groups excluding carboxylic acids is 3. The SMILES string of the molecule is Cc1noc(C)c1C(=O)N1CCC2(CC1)CCN(C(=O)[C@@]13CC[C@@](C)(C(=O)O1)C3(C)C)C2. The van der Waals surface area contributed by atoms with Gasteiger partial charge in [-0.25, -0.2) is 0 Å². The van der Waals surface area contributed by atoms with E-state index in [1.807, 2.05) is 30.6 Å². The molecule has 4 heterocycles. The molecule has 1 aromatic rings. The second-order valence-electron chi connectivity index (χ2n) is 11.1. The normalized spacial score (nSPS) is 32.6. The first-order valence-electron chi connectivity index (χ1n) is 11.7. The first-order chi connectivity index (χ1) is 15.0. The highest BCUT2D eigenvalue weighted by molar-refractivity contribution is 5.97. The fraction of sp³-hybridized carbons (Fsp3) is 0.750. The van der Waals surface area contributed by atoms with E-state index < -0.39 is 16.4 Å². The first-order valence-corrected chi connectivity index (χ1v) is 11.7. The van der Waals surface area contributed by atoms with Crippen molar-refractivity contribution in [2.24, 2.45) is 16.2 Å². The van der Waals surface area contributed by atoms with Gasteiger partial charge in [0, 0.05) is 31.6 Å². The Labute approximate surface area is 188 Å². The van der Waals surface area contributed by atoms with E-state index in [0.717, 1.165) is 19.3 Å². The van der Waals surface area contributed by atoms with Crippen LogP contribution in [0.3, 0.4) is 0 Å². The highest BCUT2D eigenvalue weighted by atomic mass is 16.6. The number of piperidine rings is 1. The molecule has 0 N–H and O–H groups in total. The van der Waals surface area contributed by atoms with Crippen LogP contribution in [0.15, 0.2) is 4.52 Å². The molecule has 0 unspecified atom stereocenters. The molecule has 32 heavy (non-hydrogen) atoms. The van der Waals surface area contributed by atoms with E-state index in [1.165, 1.54) is 0 Å². The predicted octanol–water partition coefficient (Wildman–Crippen LogP) is 2.87. The average molecular weight is 444 g/mol. The van der Waals surface area contributed by atoms with Crippen LogP contribution in [0.2, 0.25) is 0 Å². The number of esters is 1. The van der Waals surface area contributed by atoms with Crippen molar-refractivity contribution in [3.63, 3.8) is 0 Å². The number of aryl methyl sites for hydroxylation is 2. The van der Waals surface area contributed by atoms with Crippen molar-refractivity contribution in [2.75, 3.05) is 26.2 Å². The minimum atomic E-state index is -1.04. The molecule has 3 saturated heterocycles. The van der Waals surface area contributed by atoms with E-state index in [0.29, 0.717) is 56.0 Å². The highest BCUT2D eigenvalue weighted by Crippen LogP contribution is 2.66. The molecule has 4 aliphatic rings. The molecule has 5 rings (SSSR count). The molecule has 2 amide bonds. The number of aromatic nitrogens is 1. The lowest BCUT2D eigenvalue weighted by molar-refractivity contribution is -0.173. The van der Waals surface area contributed by atoms with E-state index in [4.69, 9.17) is 9.26 Å². The zero-order valence-corrected chi connectivity index (χ0v) is 19.7. The molecule has 2 bridgehead atoms. The zero-order chi connectivity index (χ0) is 23.1. The first kappa shape index (κ1) is 21.5. The van der Waals surface area contributed by atoms with Crippen LogP contribution in [0, 0.1) is 30.1 Å². The van der Waals surface area contributed by atoms with Gasteiger partial charge in [0.25, 0.3) is 11.8 Å². The number of carbonyl (C=O) groups is 3. The summed E-state index contributed by atoms with van der Waals surface area (Å²) >= 11 is 0. The molecule has 1 saturated carbocycles. The number of hydrogen-bond acceptors (Lipinski definition) is 6. The van der Waals surface area contributed by atoms with Crippen molar-refractivity contribution < 1.29 is 23.6 Å². The van der Waals surface area contributed by atoms with Gasteiger partial charge in [-0.3, -0.25) is 14.4 Å². The van der Waals surface area contributed by atoms with Gasteiger partial charge in [0.15, 0.2) is 5.60 Å². The van der Waals surface area contributed by atoms with Gasteiger partial charge in [-0.2, -0.15) is 0 Å². The molecule has 8 heteroatoms. The summed E-state index contributed by atoms with van der Waals surface area (Å²) in [6.07, 6.45) is 3.94. The molecule has 8 nitrogen and oxygen atoms in total. The molecule has 1 aromatic heterocycles. The predicted molar refractivity (Wildman–Crippen MR) is 115 cm³/mol. The maximum atomic E-state index is 13.7. The minimum Gasteiger partial charge on any atom is -0.448 e. The number of likely N-dealkylation sites (tertiary alicyclic amines) is 2. The largest absolute Gasteiger partial charge is 0.448 e. The van der Waals surface area contributed by atoms with Crippen LogP contribution in [0.5, 0.6) is 0 Å². The number of fused-ring (bicyclic) bond motifs is 2. The van der Waals surface area contributed by atoms with Gasteiger partial charge < -0.3 is 19.1 Å². The molecular formula is C24H33N3O5. The fourth-order valence-electron chi connectivity index (χ4n) is 6.62. The standard InChI is InChI=1S/C24H33N3O5/c1-15-17(16(2)32-25-15)18(28)26-11-8-23(9-12-26)10-13-27(14-23)19(29)24-7-6-22(5,20(30)31-24)21(24,3)4/h6-14H2,1-5H3/t22-,24+/m0/s1. The summed E-state index contributed by atoms with van der Waals surface area (Å²) in [5.74, 6) is 0.276. The lowest BCUT2D eigenvalue weighted by Gasteiger charge is -2.41. The van der Waals surface area contributed by atoms with E-state index in [1.54, 1.807) is 13.8 Å². The van der Waals surface area contributed by atoms with Crippen LogP contribution < -0.4 is 0 Å². The number of amides is 2. The van der Waals surface area contributed by atoms with Gasteiger partial charge in [0.1, 0.15) is 11.3 Å². The molecular weight excluding hydrogens is 410 g/mol. The Morgan fingerprint density at radius 2 is 1.56 bits per heavy atom. The summed E-state index contributed by atoms with van der Waals surface area (Å²) in [5.41, 5.74) is -0.932. The number of rotatable bonds is 2. The topological polar surface area (TPSA) is 93.0 Å². The van der Waals surface area contributed by atoms with Crippen molar-refractivity contribution in [3.8, 4) is 0 Å². The average Bonchev–Trinajstić information content (AvgIpc) is 3.41. The molecule has 4 fully saturated rings. The molecule has 2 atom stereocenters. The smallest absolute Gasteiger partial charge is 0.313 e. The van der Waals surface area contributed by atoms with Crippen LogP contribution in [-0.2, 0) is 14.3 Å². The van der Waals surface area contributed by atoms with Gasteiger partial charge in [-0.1, -0.05) is 19.0 Å². The van der Waals surface area contributed by atoms with Gasteiger partial charge in [0.2, 0.25) is 0 Å². The Hall–Kier alpha value is -2.38. The quantitative estimate of drug-likeness (QED) is 0.653. The Morgan fingerprint density at radius 1 is 0.938 bits per heavy atom. The third-order valence-electron chi connectivity index (χ3n) is 9.51. The van der Waals surface area contributed by atoms with Gasteiger partial charge in [-0.05, 0) is 58.3 Å². The van der Waals surface area contributed by atoms with Crippen molar-refractivity contribution in [1.29, 1.82) is 0 Å². The minimum absolute atomic E-state index is 0.0224. The number of nitrogens with zero attached hydrogens (tertiary/aromatic N) is 3. The third kappa shape index (κ3) is 2.55. The molecule has 1 spiro atoms. The van der Waals surface area contributed by atoms with Crippen LogP contribution in [0.4, 0.5) is 0 Å². The second-order valence-corrected chi connectivity index (χ2v) is 11.1. The third-order valence-corrected chi connectivity index (χ3v) is 9.51. The highest BCUT2D eigenvalue weighted by Gasteiger charge is 2.76. The monoisotopic (exact) mass is 443 g/mol. The maximum Gasteiger partial charge on any atom is 0.313 e. The van der Waals surface area contributed by atoms with Crippen LogP contribution in [-0.4, -0.2) is 64.5 Å². The summed E-state index contributed by atoms with van der Waals surface area (Å²) in [6.45, 7) is 12.2. The fourth-order valence-corrected chi connectivity index (χ4v) is 6.62. The van der Waals surface area contributed by atoms with E-state index in [-0.39, 0.29) is 23.2 Å². The Kier molecular flexibility index (Phi) is 4.41. The summed E-state index contributed by atoms with van der Waals surface area (Å²) in [5, 5.41) is 3.91. The van der Waals surface area contributed by atoms with Crippen molar-refractivity contribution >= 4 is 17.8 Å². The van der Waals surface area contributed by atoms with Crippen molar-refractivity contribution in [2.45, 2.75) is 72.3 Å². The van der Waals surface area contributed by atoms with Gasteiger partial charge >= 0.3 is 5.97 Å². The van der Waals surface area contributed by atoms with E-state index in [9.17, 15) is 14.4 Å². The lowest BCUT2D eigenvalue weighted by atomic mass is 9.66. The summed E-state index contributed by atoms with van der Waals surface area (Å²) < 4.78 is 11.0. The van der Waals surface area contributed by atoms with Gasteiger partial charge in [0.05, 0.1) is 11.1 Å². The molecule has 3 aliphatic heterocycles. The summed E-state index contributed by atoms with van der Waals surface area (Å²) in [7, 11) is 0. The summed E-state index contributed by atoms with van der Waals surface area (Å²) in [6, 6.07) is 0. The maximum absolute atomic E-state index is 13.7. The van der Waals surface area contributed by atoms with Crippen molar-refractivity contribution in [1.82, 2.24) is 15.0 Å². The van der Waals surface area contributed by atoms with Crippen LogP contribution in [0.25, 0.3) is 0 Å². The second kappa shape index (κ2) is 6.58. The van der Waals surface area contributed by atoms with Gasteiger partial charge in [-0.15, -0.1) is 0 Å². The van der Waals surface area contributed by atoms with E-state index >= 15 is 0 Å². The molecule has 174 valence electrons. The Morgan fingerprint density at radius 3 is 2.06 bits per heavy atom. The number of hydrogen-bond donors (Lipinski definition) is 0. The molecule has 0 radical (unpaired) electrons. The lowest BCUT2D eigenvalue weighted by Crippen LogP contribution is -2.55.